The lowest BCUT2D eigenvalue weighted by atomic mass is 10.3. The Hall–Kier alpha value is -1.83. The van der Waals surface area contributed by atoms with Crippen LogP contribution < -0.4 is 16.6 Å². The Labute approximate surface area is 95.9 Å². The van der Waals surface area contributed by atoms with Gasteiger partial charge in [0, 0.05) is 6.54 Å². The zero-order valence-corrected chi connectivity index (χ0v) is 9.04. The van der Waals surface area contributed by atoms with Crippen molar-refractivity contribution in [3.05, 3.63) is 24.0 Å². The highest BCUT2D eigenvalue weighted by molar-refractivity contribution is 5.92. The summed E-state index contributed by atoms with van der Waals surface area (Å²) in [5, 5.41) is 2.69. The summed E-state index contributed by atoms with van der Waals surface area (Å²) >= 11 is 0. The highest BCUT2D eigenvalue weighted by Crippen LogP contribution is 2.27. The molecule has 0 saturated heterocycles. The fraction of sp³-hybridized carbons (Fsp3) is 0.333. The van der Waals surface area contributed by atoms with E-state index < -0.39 is 11.9 Å². The summed E-state index contributed by atoms with van der Waals surface area (Å²) < 4.78 is 36.7. The van der Waals surface area contributed by atoms with Crippen LogP contribution in [0.15, 0.2) is 23.3 Å². The first kappa shape index (κ1) is 13.2. The number of halogens is 3. The van der Waals surface area contributed by atoms with Gasteiger partial charge in [0.2, 0.25) is 5.96 Å². The van der Waals surface area contributed by atoms with Gasteiger partial charge in [-0.25, -0.2) is 10.8 Å². The van der Waals surface area contributed by atoms with E-state index in [1.807, 2.05) is 0 Å². The van der Waals surface area contributed by atoms with E-state index in [4.69, 9.17) is 5.84 Å². The van der Waals surface area contributed by atoms with E-state index in [-0.39, 0.29) is 5.96 Å². The minimum absolute atomic E-state index is 0.258. The lowest BCUT2D eigenvalue weighted by Crippen LogP contribution is -2.36. The molecule has 0 radical (unpaired) electrons. The molecular formula is C9H12F3N5. The minimum atomic E-state index is -4.44. The molecule has 94 valence electrons. The standard InChI is InChI=1S/C9H12F3N5/c1-2-14-8(17-13)16-6-3-4-7(15-5-6)9(10,11)12/h3-5H,2,13H2,1H3,(H2,14,16,17). The molecule has 0 aromatic carbocycles. The normalized spacial score (nSPS) is 12.4. The molecule has 0 aliphatic heterocycles. The van der Waals surface area contributed by atoms with Crippen LogP contribution >= 0.6 is 0 Å². The third-order valence-electron chi connectivity index (χ3n) is 1.77. The first-order chi connectivity index (χ1) is 7.97. The topological polar surface area (TPSA) is 75.3 Å². The molecule has 0 amide bonds. The molecular weight excluding hydrogens is 235 g/mol. The van der Waals surface area contributed by atoms with Crippen molar-refractivity contribution in [2.75, 3.05) is 11.9 Å². The zero-order chi connectivity index (χ0) is 12.9. The fourth-order valence-corrected chi connectivity index (χ4v) is 1.05. The second-order valence-electron chi connectivity index (χ2n) is 3.02. The largest absolute Gasteiger partial charge is 0.433 e. The Morgan fingerprint density at radius 1 is 1.47 bits per heavy atom. The molecule has 0 atom stereocenters. The van der Waals surface area contributed by atoms with Gasteiger partial charge in [0.15, 0.2) is 0 Å². The van der Waals surface area contributed by atoms with E-state index >= 15 is 0 Å². The number of hydrazine groups is 1. The molecule has 0 aliphatic rings. The third kappa shape index (κ3) is 3.91. The van der Waals surface area contributed by atoms with Crippen LogP contribution in [0.2, 0.25) is 0 Å². The lowest BCUT2D eigenvalue weighted by Gasteiger charge is -2.09. The molecule has 8 heteroatoms. The number of hydrogen-bond donors (Lipinski definition) is 3. The van der Waals surface area contributed by atoms with E-state index in [0.717, 1.165) is 12.3 Å². The second kappa shape index (κ2) is 5.48. The van der Waals surface area contributed by atoms with E-state index in [2.05, 4.69) is 20.7 Å². The number of hydrogen-bond acceptors (Lipinski definition) is 3. The number of anilines is 1. The molecule has 17 heavy (non-hydrogen) atoms. The molecule has 1 rings (SSSR count). The highest BCUT2D eigenvalue weighted by Gasteiger charge is 2.31. The van der Waals surface area contributed by atoms with Crippen LogP contribution in [0.5, 0.6) is 0 Å². The summed E-state index contributed by atoms with van der Waals surface area (Å²) in [6.45, 7) is 2.28. The maximum atomic E-state index is 12.2. The molecule has 0 bridgehead atoms. The molecule has 1 aromatic rings. The minimum Gasteiger partial charge on any atom is -0.324 e. The Balaban J connectivity index is 2.78. The summed E-state index contributed by atoms with van der Waals surface area (Å²) in [5.74, 6) is 5.42. The molecule has 1 aromatic heterocycles. The van der Waals surface area contributed by atoms with Gasteiger partial charge >= 0.3 is 6.18 Å². The summed E-state index contributed by atoms with van der Waals surface area (Å²) in [6.07, 6.45) is -3.38. The van der Waals surface area contributed by atoms with Gasteiger partial charge in [0.25, 0.3) is 0 Å². The van der Waals surface area contributed by atoms with Crippen molar-refractivity contribution < 1.29 is 13.2 Å². The maximum absolute atomic E-state index is 12.2. The van der Waals surface area contributed by atoms with Gasteiger partial charge in [-0.3, -0.25) is 10.4 Å². The number of nitrogens with zero attached hydrogens (tertiary/aromatic N) is 2. The highest BCUT2D eigenvalue weighted by atomic mass is 19.4. The SMILES string of the molecule is CCN=C(NN)Nc1ccc(C(F)(F)F)nc1. The van der Waals surface area contributed by atoms with E-state index in [1.54, 1.807) is 6.92 Å². The van der Waals surface area contributed by atoms with Crippen molar-refractivity contribution in [2.45, 2.75) is 13.1 Å². The molecule has 0 aliphatic carbocycles. The molecule has 0 saturated carbocycles. The number of aromatic nitrogens is 1. The lowest BCUT2D eigenvalue weighted by molar-refractivity contribution is -0.141. The Bertz CT molecular complexity index is 385. The first-order valence-corrected chi connectivity index (χ1v) is 4.78. The van der Waals surface area contributed by atoms with Crippen LogP contribution in [0.25, 0.3) is 0 Å². The Morgan fingerprint density at radius 3 is 2.59 bits per heavy atom. The average molecular weight is 247 g/mol. The quantitative estimate of drug-likeness (QED) is 0.319. The predicted molar refractivity (Wildman–Crippen MR) is 58.2 cm³/mol. The molecule has 5 nitrogen and oxygen atoms in total. The second-order valence-corrected chi connectivity index (χ2v) is 3.02. The summed E-state index contributed by atoms with van der Waals surface area (Å²) in [5.41, 5.74) is 1.70. The summed E-state index contributed by atoms with van der Waals surface area (Å²) in [6, 6.07) is 2.13. The number of nitrogens with one attached hydrogen (secondary N) is 2. The first-order valence-electron chi connectivity index (χ1n) is 4.78. The Kier molecular flexibility index (Phi) is 4.27. The number of guanidine groups is 1. The fourth-order valence-electron chi connectivity index (χ4n) is 1.05. The number of aliphatic imine (C=N–C) groups is 1. The number of nitrogens with two attached hydrogens (primary N) is 1. The van der Waals surface area contributed by atoms with Gasteiger partial charge in [0.05, 0.1) is 11.9 Å². The van der Waals surface area contributed by atoms with E-state index in [9.17, 15) is 13.2 Å². The third-order valence-corrected chi connectivity index (χ3v) is 1.77. The maximum Gasteiger partial charge on any atom is 0.433 e. The number of alkyl halides is 3. The van der Waals surface area contributed by atoms with Gasteiger partial charge in [-0.1, -0.05) is 0 Å². The Morgan fingerprint density at radius 2 is 2.18 bits per heavy atom. The predicted octanol–water partition coefficient (Wildman–Crippen LogP) is 1.35. The monoisotopic (exact) mass is 247 g/mol. The van der Waals surface area contributed by atoms with Gasteiger partial charge in [-0.15, -0.1) is 0 Å². The van der Waals surface area contributed by atoms with Crippen LogP contribution in [-0.4, -0.2) is 17.5 Å². The zero-order valence-electron chi connectivity index (χ0n) is 9.04. The van der Waals surface area contributed by atoms with Gasteiger partial charge in [-0.2, -0.15) is 13.2 Å². The van der Waals surface area contributed by atoms with Crippen LogP contribution in [0.3, 0.4) is 0 Å². The molecule has 0 unspecified atom stereocenters. The molecule has 0 spiro atoms. The molecule has 1 heterocycles. The van der Waals surface area contributed by atoms with Crippen molar-refractivity contribution in [2.24, 2.45) is 10.8 Å². The van der Waals surface area contributed by atoms with Crippen LogP contribution in [0.4, 0.5) is 18.9 Å². The van der Waals surface area contributed by atoms with Gasteiger partial charge in [0.1, 0.15) is 5.69 Å². The van der Waals surface area contributed by atoms with Crippen molar-refractivity contribution in [3.8, 4) is 0 Å². The van der Waals surface area contributed by atoms with Gasteiger partial charge in [-0.05, 0) is 19.1 Å². The van der Waals surface area contributed by atoms with E-state index in [1.165, 1.54) is 6.07 Å². The summed E-state index contributed by atoms with van der Waals surface area (Å²) in [4.78, 5) is 7.21. The van der Waals surface area contributed by atoms with Crippen LogP contribution in [0.1, 0.15) is 12.6 Å². The van der Waals surface area contributed by atoms with Crippen molar-refractivity contribution >= 4 is 11.6 Å². The number of pyridine rings is 1. The van der Waals surface area contributed by atoms with Crippen LogP contribution in [0, 0.1) is 0 Å². The van der Waals surface area contributed by atoms with E-state index in [0.29, 0.717) is 12.2 Å². The van der Waals surface area contributed by atoms with Crippen molar-refractivity contribution in [1.82, 2.24) is 10.4 Å². The van der Waals surface area contributed by atoms with Crippen LogP contribution in [-0.2, 0) is 6.18 Å². The van der Waals surface area contributed by atoms with Crippen molar-refractivity contribution in [1.29, 1.82) is 0 Å². The smallest absolute Gasteiger partial charge is 0.324 e. The molecule has 4 N–H and O–H groups in total. The molecule has 0 fully saturated rings. The average Bonchev–Trinajstić information content (AvgIpc) is 2.28. The van der Waals surface area contributed by atoms with Gasteiger partial charge < -0.3 is 5.32 Å². The number of rotatable bonds is 2. The summed E-state index contributed by atoms with van der Waals surface area (Å²) in [7, 11) is 0. The van der Waals surface area contributed by atoms with Crippen molar-refractivity contribution in [3.63, 3.8) is 0 Å².